The number of hydrogen-bond donors (Lipinski definition) is 1. The van der Waals surface area contributed by atoms with Crippen LogP contribution in [0.25, 0.3) is 0 Å². The number of sulfonamides is 1. The van der Waals surface area contributed by atoms with Gasteiger partial charge >= 0.3 is 0 Å². The fourth-order valence-electron chi connectivity index (χ4n) is 2.67. The number of rotatable bonds is 6. The lowest BCUT2D eigenvalue weighted by Crippen LogP contribution is -2.38. The first-order valence-electron chi connectivity index (χ1n) is 7.28. The van der Waals surface area contributed by atoms with Crippen molar-refractivity contribution in [2.45, 2.75) is 25.6 Å². The van der Waals surface area contributed by atoms with Gasteiger partial charge in [0.1, 0.15) is 0 Å². The van der Waals surface area contributed by atoms with E-state index in [2.05, 4.69) is 20.7 Å². The zero-order chi connectivity index (χ0) is 16.3. The Morgan fingerprint density at radius 2 is 1.91 bits per heavy atom. The molecule has 7 heteroatoms. The van der Waals surface area contributed by atoms with Gasteiger partial charge in [0, 0.05) is 30.0 Å². The van der Waals surface area contributed by atoms with Crippen molar-refractivity contribution in [2.75, 3.05) is 19.6 Å². The molecule has 5 nitrogen and oxygen atoms in total. The molecule has 1 N–H and O–H groups in total. The van der Waals surface area contributed by atoms with Crippen molar-refractivity contribution in [3.63, 3.8) is 0 Å². The highest BCUT2D eigenvalue weighted by atomic mass is 79.9. The van der Waals surface area contributed by atoms with Gasteiger partial charge in [-0.15, -0.1) is 0 Å². The normalized spacial score (nSPS) is 23.1. The summed E-state index contributed by atoms with van der Waals surface area (Å²) in [7, 11) is -3.36. The first-order valence-corrected chi connectivity index (χ1v) is 9.72. The molecule has 1 heterocycles. The summed E-state index contributed by atoms with van der Waals surface area (Å²) in [6, 6.07) is 7.09. The Labute approximate surface area is 140 Å². The van der Waals surface area contributed by atoms with Crippen LogP contribution in [0.1, 0.15) is 19.4 Å². The molecule has 0 amide bonds. The summed E-state index contributed by atoms with van der Waals surface area (Å²) in [5.41, 5.74) is 0.744. The fraction of sp³-hybridized carbons (Fsp3) is 0.533. The van der Waals surface area contributed by atoms with Crippen LogP contribution in [-0.2, 0) is 20.6 Å². The third-order valence-electron chi connectivity index (χ3n) is 3.94. The molecule has 122 valence electrons. The zero-order valence-electron chi connectivity index (χ0n) is 12.8. The van der Waals surface area contributed by atoms with Crippen LogP contribution >= 0.6 is 15.9 Å². The Balaban J connectivity index is 1.83. The molecule has 1 aromatic carbocycles. The van der Waals surface area contributed by atoms with Crippen molar-refractivity contribution in [3.05, 3.63) is 34.3 Å². The highest BCUT2D eigenvalue weighted by molar-refractivity contribution is 9.10. The zero-order valence-corrected chi connectivity index (χ0v) is 15.2. The number of carbonyl (C=O) groups excluding carboxylic acids is 1. The lowest BCUT2D eigenvalue weighted by atomic mass is 10.1. The summed E-state index contributed by atoms with van der Waals surface area (Å²) in [4.78, 5) is 13.8. The van der Waals surface area contributed by atoms with Crippen LogP contribution in [0.4, 0.5) is 0 Å². The maximum atomic E-state index is 12.1. The highest BCUT2D eigenvalue weighted by Gasteiger charge is 2.34. The second-order valence-electron chi connectivity index (χ2n) is 5.75. The van der Waals surface area contributed by atoms with Crippen molar-refractivity contribution in [3.8, 4) is 0 Å². The van der Waals surface area contributed by atoms with E-state index >= 15 is 0 Å². The van der Waals surface area contributed by atoms with Crippen molar-refractivity contribution in [1.29, 1.82) is 0 Å². The minimum Gasteiger partial charge on any atom is -0.298 e. The monoisotopic (exact) mass is 388 g/mol. The van der Waals surface area contributed by atoms with Crippen LogP contribution < -0.4 is 4.72 Å². The minimum absolute atomic E-state index is 0.0365. The van der Waals surface area contributed by atoms with Gasteiger partial charge in [0.2, 0.25) is 10.0 Å². The number of benzene rings is 1. The Morgan fingerprint density at radius 3 is 2.45 bits per heavy atom. The second-order valence-corrected chi connectivity index (χ2v) is 8.48. The molecular weight excluding hydrogens is 368 g/mol. The van der Waals surface area contributed by atoms with Gasteiger partial charge in [-0.25, -0.2) is 13.1 Å². The number of halogens is 1. The van der Waals surface area contributed by atoms with Crippen LogP contribution in [0.2, 0.25) is 0 Å². The van der Waals surface area contributed by atoms with E-state index in [-0.39, 0.29) is 23.5 Å². The van der Waals surface area contributed by atoms with E-state index in [1.54, 1.807) is 12.1 Å². The number of ketones is 1. The molecule has 1 aliphatic heterocycles. The average molecular weight is 389 g/mol. The molecule has 0 radical (unpaired) electrons. The summed E-state index contributed by atoms with van der Waals surface area (Å²) in [6.45, 7) is 5.37. The molecule has 0 aromatic heterocycles. The van der Waals surface area contributed by atoms with Gasteiger partial charge in [0.25, 0.3) is 0 Å². The first kappa shape index (κ1) is 17.6. The van der Waals surface area contributed by atoms with Gasteiger partial charge in [0.05, 0.1) is 11.8 Å². The second kappa shape index (κ2) is 7.21. The molecule has 0 bridgehead atoms. The summed E-state index contributed by atoms with van der Waals surface area (Å²) in [6.07, 6.45) is 0. The average Bonchev–Trinajstić information content (AvgIpc) is 2.69. The molecule has 1 aliphatic rings. The van der Waals surface area contributed by atoms with E-state index in [1.807, 2.05) is 30.9 Å². The minimum atomic E-state index is -3.36. The number of carbonyl (C=O) groups is 1. The van der Waals surface area contributed by atoms with Crippen molar-refractivity contribution < 1.29 is 13.2 Å². The number of nitrogens with one attached hydrogen (secondary N) is 1. The van der Waals surface area contributed by atoms with Gasteiger partial charge in [-0.05, 0) is 24.6 Å². The Kier molecular flexibility index (Phi) is 5.76. The van der Waals surface area contributed by atoms with E-state index in [0.717, 1.165) is 10.0 Å². The Hall–Kier alpha value is -0.760. The van der Waals surface area contributed by atoms with Gasteiger partial charge in [0.15, 0.2) is 5.78 Å². The third-order valence-corrected chi connectivity index (χ3v) is 5.83. The van der Waals surface area contributed by atoms with E-state index in [9.17, 15) is 13.2 Å². The third kappa shape index (κ3) is 4.62. The standard InChI is InChI=1S/C15H21BrN2O3S/c1-11-9-18(12(2)15(11)19)8-7-17-22(20,21)10-13-3-5-14(16)6-4-13/h3-6,11-12,17H,7-10H2,1-2H3. The summed E-state index contributed by atoms with van der Waals surface area (Å²) in [5, 5.41) is 0. The van der Waals surface area contributed by atoms with E-state index in [0.29, 0.717) is 19.6 Å². The lowest BCUT2D eigenvalue weighted by molar-refractivity contribution is -0.121. The van der Waals surface area contributed by atoms with Crippen LogP contribution in [0, 0.1) is 5.92 Å². The van der Waals surface area contributed by atoms with E-state index in [4.69, 9.17) is 0 Å². The highest BCUT2D eigenvalue weighted by Crippen LogP contribution is 2.18. The molecule has 0 aliphatic carbocycles. The fourth-order valence-corrected chi connectivity index (χ4v) is 4.07. The number of likely N-dealkylation sites (tertiary alicyclic amines) is 1. The number of hydrogen-bond acceptors (Lipinski definition) is 4. The molecule has 2 unspecified atom stereocenters. The topological polar surface area (TPSA) is 66.5 Å². The molecular formula is C15H21BrN2O3S. The maximum Gasteiger partial charge on any atom is 0.215 e. The van der Waals surface area contributed by atoms with Crippen molar-refractivity contribution >= 4 is 31.7 Å². The number of nitrogens with zero attached hydrogens (tertiary/aromatic N) is 1. The van der Waals surface area contributed by atoms with Gasteiger partial charge in [-0.1, -0.05) is 35.0 Å². The largest absolute Gasteiger partial charge is 0.298 e. The molecule has 2 rings (SSSR count). The quantitative estimate of drug-likeness (QED) is 0.806. The molecule has 1 fully saturated rings. The van der Waals surface area contributed by atoms with Crippen LogP contribution in [-0.4, -0.2) is 44.8 Å². The summed E-state index contributed by atoms with van der Waals surface area (Å²) < 4.78 is 27.6. The molecule has 1 saturated heterocycles. The SMILES string of the molecule is CC1CN(CCNS(=O)(=O)Cc2ccc(Br)cc2)C(C)C1=O. The van der Waals surface area contributed by atoms with Gasteiger partial charge in [-0.2, -0.15) is 0 Å². The molecule has 0 saturated carbocycles. The van der Waals surface area contributed by atoms with Crippen molar-refractivity contribution in [2.24, 2.45) is 5.92 Å². The smallest absolute Gasteiger partial charge is 0.215 e. The van der Waals surface area contributed by atoms with Crippen LogP contribution in [0.3, 0.4) is 0 Å². The Morgan fingerprint density at radius 1 is 1.27 bits per heavy atom. The molecule has 22 heavy (non-hydrogen) atoms. The van der Waals surface area contributed by atoms with Crippen molar-refractivity contribution in [1.82, 2.24) is 9.62 Å². The van der Waals surface area contributed by atoms with Crippen LogP contribution in [0.15, 0.2) is 28.7 Å². The molecule has 2 atom stereocenters. The van der Waals surface area contributed by atoms with Gasteiger partial charge in [-0.3, -0.25) is 9.69 Å². The lowest BCUT2D eigenvalue weighted by Gasteiger charge is -2.19. The van der Waals surface area contributed by atoms with Gasteiger partial charge < -0.3 is 0 Å². The summed E-state index contributed by atoms with van der Waals surface area (Å²) in [5.74, 6) is 0.234. The first-order chi connectivity index (χ1) is 10.3. The van der Waals surface area contributed by atoms with E-state index < -0.39 is 10.0 Å². The predicted molar refractivity (Wildman–Crippen MR) is 90.0 cm³/mol. The molecule has 1 aromatic rings. The Bertz CT molecular complexity index is 631. The predicted octanol–water partition coefficient (Wildman–Crippen LogP) is 1.78. The van der Waals surface area contributed by atoms with Crippen LogP contribution in [0.5, 0.6) is 0 Å². The number of Topliss-reactive ketones (excluding diaryl/α,β-unsaturated/α-hetero) is 1. The molecule has 0 spiro atoms. The summed E-state index contributed by atoms with van der Waals surface area (Å²) >= 11 is 3.32. The maximum absolute atomic E-state index is 12.1. The van der Waals surface area contributed by atoms with E-state index in [1.165, 1.54) is 0 Å².